The van der Waals surface area contributed by atoms with Crippen molar-refractivity contribution in [2.45, 2.75) is 32.7 Å². The SMILES string of the molecule is CCS(=O)(=O)N1CCC(C(=O)N[C@H](C)c2ccc(Cl)cc2)CC1. The lowest BCUT2D eigenvalue weighted by atomic mass is 9.96. The summed E-state index contributed by atoms with van der Waals surface area (Å²) < 4.78 is 25.2. The van der Waals surface area contributed by atoms with Crippen LogP contribution in [0.4, 0.5) is 0 Å². The van der Waals surface area contributed by atoms with Crippen molar-refractivity contribution in [1.29, 1.82) is 0 Å². The van der Waals surface area contributed by atoms with E-state index < -0.39 is 10.0 Å². The molecule has 0 bridgehead atoms. The highest BCUT2D eigenvalue weighted by molar-refractivity contribution is 7.89. The molecule has 1 heterocycles. The largest absolute Gasteiger partial charge is 0.349 e. The van der Waals surface area contributed by atoms with E-state index in [1.165, 1.54) is 4.31 Å². The van der Waals surface area contributed by atoms with Crippen LogP contribution in [0.25, 0.3) is 0 Å². The topological polar surface area (TPSA) is 66.5 Å². The first kappa shape index (κ1) is 18.2. The van der Waals surface area contributed by atoms with E-state index in [4.69, 9.17) is 11.6 Å². The van der Waals surface area contributed by atoms with E-state index in [0.717, 1.165) is 5.56 Å². The Balaban J connectivity index is 1.89. The molecular weight excluding hydrogens is 336 g/mol. The maximum Gasteiger partial charge on any atom is 0.223 e. The zero-order valence-corrected chi connectivity index (χ0v) is 15.0. The zero-order valence-electron chi connectivity index (χ0n) is 13.5. The van der Waals surface area contributed by atoms with Crippen molar-refractivity contribution in [3.8, 4) is 0 Å². The highest BCUT2D eigenvalue weighted by Gasteiger charge is 2.30. The lowest BCUT2D eigenvalue weighted by molar-refractivity contribution is -0.126. The summed E-state index contributed by atoms with van der Waals surface area (Å²) in [4.78, 5) is 12.4. The van der Waals surface area contributed by atoms with Crippen LogP contribution in [0.2, 0.25) is 5.02 Å². The van der Waals surface area contributed by atoms with Crippen LogP contribution in [-0.4, -0.2) is 37.5 Å². The number of hydrogen-bond acceptors (Lipinski definition) is 3. The molecule has 0 aromatic heterocycles. The third kappa shape index (κ3) is 4.68. The Kier molecular flexibility index (Phi) is 6.06. The molecule has 1 saturated heterocycles. The van der Waals surface area contributed by atoms with Gasteiger partial charge in [-0.1, -0.05) is 23.7 Å². The lowest BCUT2D eigenvalue weighted by Gasteiger charge is -2.31. The van der Waals surface area contributed by atoms with Gasteiger partial charge in [-0.25, -0.2) is 12.7 Å². The molecule has 0 aliphatic carbocycles. The first-order valence-corrected chi connectivity index (χ1v) is 9.86. The van der Waals surface area contributed by atoms with E-state index in [9.17, 15) is 13.2 Å². The van der Waals surface area contributed by atoms with Crippen molar-refractivity contribution in [2.75, 3.05) is 18.8 Å². The monoisotopic (exact) mass is 358 g/mol. The molecule has 1 amide bonds. The van der Waals surface area contributed by atoms with E-state index in [1.54, 1.807) is 19.1 Å². The molecule has 128 valence electrons. The number of rotatable bonds is 5. The van der Waals surface area contributed by atoms with Gasteiger partial charge in [0.05, 0.1) is 11.8 Å². The molecular formula is C16H23ClN2O3S. The number of carbonyl (C=O) groups is 1. The van der Waals surface area contributed by atoms with E-state index in [0.29, 0.717) is 31.0 Å². The molecule has 7 heteroatoms. The van der Waals surface area contributed by atoms with Gasteiger partial charge in [-0.2, -0.15) is 0 Å². The Morgan fingerprint density at radius 3 is 2.39 bits per heavy atom. The minimum Gasteiger partial charge on any atom is -0.349 e. The van der Waals surface area contributed by atoms with Crippen molar-refractivity contribution in [2.24, 2.45) is 5.92 Å². The molecule has 1 aliphatic rings. The second kappa shape index (κ2) is 7.64. The van der Waals surface area contributed by atoms with E-state index in [2.05, 4.69) is 5.32 Å². The second-order valence-electron chi connectivity index (χ2n) is 5.86. The molecule has 1 aromatic rings. The fraction of sp³-hybridized carbons (Fsp3) is 0.562. The second-order valence-corrected chi connectivity index (χ2v) is 8.55. The first-order valence-electron chi connectivity index (χ1n) is 7.87. The van der Waals surface area contributed by atoms with Gasteiger partial charge in [0.25, 0.3) is 0 Å². The number of halogens is 1. The number of amides is 1. The van der Waals surface area contributed by atoms with Crippen molar-refractivity contribution in [1.82, 2.24) is 9.62 Å². The van der Waals surface area contributed by atoms with Crippen LogP contribution < -0.4 is 5.32 Å². The average molecular weight is 359 g/mol. The predicted octanol–water partition coefficient (Wildman–Crippen LogP) is 2.58. The van der Waals surface area contributed by atoms with Gasteiger partial charge in [0.15, 0.2) is 0 Å². The summed E-state index contributed by atoms with van der Waals surface area (Å²) in [5, 5.41) is 3.67. The van der Waals surface area contributed by atoms with Crippen LogP contribution in [0.5, 0.6) is 0 Å². The number of sulfonamides is 1. The van der Waals surface area contributed by atoms with Gasteiger partial charge in [-0.05, 0) is 44.4 Å². The fourth-order valence-electron chi connectivity index (χ4n) is 2.74. The van der Waals surface area contributed by atoms with E-state index in [-0.39, 0.29) is 23.6 Å². The molecule has 23 heavy (non-hydrogen) atoms. The van der Waals surface area contributed by atoms with Crippen LogP contribution in [-0.2, 0) is 14.8 Å². The van der Waals surface area contributed by atoms with Crippen LogP contribution in [0, 0.1) is 5.92 Å². The van der Waals surface area contributed by atoms with Crippen molar-refractivity contribution < 1.29 is 13.2 Å². The van der Waals surface area contributed by atoms with Gasteiger partial charge in [0, 0.05) is 24.0 Å². The lowest BCUT2D eigenvalue weighted by Crippen LogP contribution is -2.43. The van der Waals surface area contributed by atoms with Crippen LogP contribution in [0.3, 0.4) is 0 Å². The molecule has 2 rings (SSSR count). The Morgan fingerprint density at radius 1 is 1.30 bits per heavy atom. The van der Waals surface area contributed by atoms with Crippen molar-refractivity contribution in [3.05, 3.63) is 34.9 Å². The first-order chi connectivity index (χ1) is 10.8. The molecule has 1 N–H and O–H groups in total. The molecule has 1 aromatic carbocycles. The molecule has 0 radical (unpaired) electrons. The van der Waals surface area contributed by atoms with E-state index in [1.807, 2.05) is 19.1 Å². The molecule has 0 saturated carbocycles. The zero-order chi connectivity index (χ0) is 17.0. The standard InChI is InChI=1S/C16H23ClN2O3S/c1-3-23(21,22)19-10-8-14(9-11-19)16(20)18-12(2)13-4-6-15(17)7-5-13/h4-7,12,14H,3,8-11H2,1-2H3,(H,18,20)/t12-/m1/s1. The van der Waals surface area contributed by atoms with Gasteiger partial charge in [-0.3, -0.25) is 4.79 Å². The van der Waals surface area contributed by atoms with Crippen LogP contribution in [0.1, 0.15) is 38.3 Å². The molecule has 1 atom stereocenters. The molecule has 1 fully saturated rings. The minimum atomic E-state index is -3.15. The van der Waals surface area contributed by atoms with Gasteiger partial charge in [0.2, 0.25) is 15.9 Å². The third-order valence-corrected chi connectivity index (χ3v) is 6.45. The van der Waals surface area contributed by atoms with Gasteiger partial charge < -0.3 is 5.32 Å². The highest BCUT2D eigenvalue weighted by atomic mass is 35.5. The third-order valence-electron chi connectivity index (χ3n) is 4.31. The van der Waals surface area contributed by atoms with Crippen molar-refractivity contribution in [3.63, 3.8) is 0 Å². The van der Waals surface area contributed by atoms with Gasteiger partial charge in [-0.15, -0.1) is 0 Å². The Bertz CT molecular complexity index is 638. The number of hydrogen-bond donors (Lipinski definition) is 1. The maximum atomic E-state index is 12.4. The quantitative estimate of drug-likeness (QED) is 0.879. The Hall–Kier alpha value is -1.11. The average Bonchev–Trinajstić information content (AvgIpc) is 2.55. The number of nitrogens with zero attached hydrogens (tertiary/aromatic N) is 1. The molecule has 0 spiro atoms. The number of carbonyl (C=O) groups excluding carboxylic acids is 1. The summed E-state index contributed by atoms with van der Waals surface area (Å²) in [6, 6.07) is 7.28. The summed E-state index contributed by atoms with van der Waals surface area (Å²) in [5.74, 6) is -0.0358. The summed E-state index contributed by atoms with van der Waals surface area (Å²) in [6.45, 7) is 4.41. The minimum absolute atomic E-state index is 0.0130. The number of benzene rings is 1. The number of nitrogens with one attached hydrogen (secondary N) is 1. The molecule has 1 aliphatic heterocycles. The summed E-state index contributed by atoms with van der Waals surface area (Å²) >= 11 is 5.87. The summed E-state index contributed by atoms with van der Waals surface area (Å²) in [5.41, 5.74) is 0.994. The van der Waals surface area contributed by atoms with Crippen LogP contribution in [0.15, 0.2) is 24.3 Å². The van der Waals surface area contributed by atoms with Crippen LogP contribution >= 0.6 is 11.6 Å². The maximum absolute atomic E-state index is 12.4. The molecule has 5 nitrogen and oxygen atoms in total. The summed E-state index contributed by atoms with van der Waals surface area (Å²) in [6.07, 6.45) is 1.14. The van der Waals surface area contributed by atoms with E-state index >= 15 is 0 Å². The normalized spacial score (nSPS) is 18.6. The molecule has 0 unspecified atom stereocenters. The summed E-state index contributed by atoms with van der Waals surface area (Å²) in [7, 11) is -3.15. The Morgan fingerprint density at radius 2 is 1.87 bits per heavy atom. The number of piperidine rings is 1. The Labute approximate surface area is 143 Å². The van der Waals surface area contributed by atoms with Crippen molar-refractivity contribution >= 4 is 27.5 Å². The van der Waals surface area contributed by atoms with Gasteiger partial charge in [0.1, 0.15) is 0 Å². The van der Waals surface area contributed by atoms with Gasteiger partial charge >= 0.3 is 0 Å². The predicted molar refractivity (Wildman–Crippen MR) is 91.8 cm³/mol. The smallest absolute Gasteiger partial charge is 0.223 e. The highest BCUT2D eigenvalue weighted by Crippen LogP contribution is 2.22. The fourth-order valence-corrected chi connectivity index (χ4v) is 4.00.